The van der Waals surface area contributed by atoms with Gasteiger partial charge < -0.3 is 5.11 Å². The molecule has 1 N–H and O–H groups in total. The van der Waals surface area contributed by atoms with Crippen molar-refractivity contribution in [3.8, 4) is 0 Å². The molecule has 0 atom stereocenters. The zero-order valence-corrected chi connectivity index (χ0v) is 9.88. The average Bonchev–Trinajstić information content (AvgIpc) is 2.50. The van der Waals surface area contributed by atoms with Gasteiger partial charge in [-0.3, -0.25) is 9.69 Å². The third kappa shape index (κ3) is 4.40. The summed E-state index contributed by atoms with van der Waals surface area (Å²) in [6, 6.07) is 0. The van der Waals surface area contributed by atoms with Crippen LogP contribution in [0, 0.1) is 6.92 Å². The Morgan fingerprint density at radius 2 is 2.40 bits per heavy atom. The first-order valence-electron chi connectivity index (χ1n) is 4.97. The molecule has 0 saturated heterocycles. The van der Waals surface area contributed by atoms with Crippen LogP contribution in [0.3, 0.4) is 0 Å². The van der Waals surface area contributed by atoms with Crippen LogP contribution in [0.25, 0.3) is 0 Å². The van der Waals surface area contributed by atoms with E-state index >= 15 is 0 Å². The van der Waals surface area contributed by atoms with Gasteiger partial charge in [0.15, 0.2) is 0 Å². The van der Waals surface area contributed by atoms with Gasteiger partial charge in [0.1, 0.15) is 0 Å². The van der Waals surface area contributed by atoms with Crippen LogP contribution >= 0.6 is 11.3 Å². The summed E-state index contributed by atoms with van der Waals surface area (Å²) in [5.74, 6) is -0.773. The highest BCUT2D eigenvalue weighted by Crippen LogP contribution is 2.14. The quantitative estimate of drug-likeness (QED) is 0.806. The molecule has 0 amide bonds. The zero-order chi connectivity index (χ0) is 11.3. The minimum atomic E-state index is -0.773. The molecule has 0 spiro atoms. The minimum absolute atomic E-state index is 0.102. The third-order valence-corrected chi connectivity index (χ3v) is 2.84. The SMILES string of the molecule is CCCN(CC(=O)O)Cc1cnc(C)s1. The summed E-state index contributed by atoms with van der Waals surface area (Å²) >= 11 is 1.62. The Kier molecular flexibility index (Phi) is 4.71. The number of carboxylic acids is 1. The predicted molar refractivity (Wildman–Crippen MR) is 60.1 cm³/mol. The maximum Gasteiger partial charge on any atom is 0.317 e. The lowest BCUT2D eigenvalue weighted by atomic mass is 10.3. The number of hydrogen-bond donors (Lipinski definition) is 1. The van der Waals surface area contributed by atoms with Crippen LogP contribution in [0.5, 0.6) is 0 Å². The van der Waals surface area contributed by atoms with E-state index < -0.39 is 5.97 Å². The number of aryl methyl sites for hydroxylation is 1. The van der Waals surface area contributed by atoms with Gasteiger partial charge in [-0.2, -0.15) is 0 Å². The number of aliphatic carboxylic acids is 1. The van der Waals surface area contributed by atoms with Crippen molar-refractivity contribution in [2.75, 3.05) is 13.1 Å². The first-order chi connectivity index (χ1) is 7.11. The molecule has 0 radical (unpaired) electrons. The highest BCUT2D eigenvalue weighted by molar-refractivity contribution is 7.11. The van der Waals surface area contributed by atoms with Gasteiger partial charge in [-0.15, -0.1) is 11.3 Å². The molecule has 0 saturated carbocycles. The lowest BCUT2D eigenvalue weighted by Crippen LogP contribution is -2.29. The van der Waals surface area contributed by atoms with Crippen LogP contribution in [0.1, 0.15) is 23.2 Å². The summed E-state index contributed by atoms with van der Waals surface area (Å²) in [6.45, 7) is 5.60. The molecular weight excluding hydrogens is 212 g/mol. The van der Waals surface area contributed by atoms with Crippen LogP contribution in [-0.2, 0) is 11.3 Å². The molecule has 0 aromatic carbocycles. The number of hydrogen-bond acceptors (Lipinski definition) is 4. The van der Waals surface area contributed by atoms with E-state index in [9.17, 15) is 4.79 Å². The Hall–Kier alpha value is -0.940. The van der Waals surface area contributed by atoms with E-state index in [-0.39, 0.29) is 6.54 Å². The van der Waals surface area contributed by atoms with E-state index in [0.29, 0.717) is 6.54 Å². The Bertz CT molecular complexity index is 325. The highest BCUT2D eigenvalue weighted by Gasteiger charge is 2.10. The summed E-state index contributed by atoms with van der Waals surface area (Å²) in [5.41, 5.74) is 0. The molecule has 0 aliphatic heterocycles. The Balaban J connectivity index is 2.53. The second kappa shape index (κ2) is 5.82. The second-order valence-electron chi connectivity index (χ2n) is 3.45. The monoisotopic (exact) mass is 228 g/mol. The zero-order valence-electron chi connectivity index (χ0n) is 9.06. The van der Waals surface area contributed by atoms with Crippen molar-refractivity contribution in [3.05, 3.63) is 16.1 Å². The summed E-state index contributed by atoms with van der Waals surface area (Å²) in [6.07, 6.45) is 2.79. The van der Waals surface area contributed by atoms with E-state index in [1.54, 1.807) is 11.3 Å². The third-order valence-electron chi connectivity index (χ3n) is 1.95. The van der Waals surface area contributed by atoms with Crippen molar-refractivity contribution in [1.29, 1.82) is 0 Å². The fraction of sp³-hybridized carbons (Fsp3) is 0.600. The molecule has 4 nitrogen and oxygen atoms in total. The lowest BCUT2D eigenvalue weighted by Gasteiger charge is -2.17. The second-order valence-corrected chi connectivity index (χ2v) is 4.77. The molecule has 0 aliphatic carbocycles. The Morgan fingerprint density at radius 1 is 1.67 bits per heavy atom. The van der Waals surface area contributed by atoms with Crippen LogP contribution in [-0.4, -0.2) is 34.0 Å². The van der Waals surface area contributed by atoms with Crippen molar-refractivity contribution in [2.24, 2.45) is 0 Å². The molecule has 0 aliphatic rings. The maximum atomic E-state index is 10.6. The van der Waals surface area contributed by atoms with Crippen LogP contribution in [0.2, 0.25) is 0 Å². The van der Waals surface area contributed by atoms with Crippen molar-refractivity contribution in [1.82, 2.24) is 9.88 Å². The summed E-state index contributed by atoms with van der Waals surface area (Å²) < 4.78 is 0. The van der Waals surface area contributed by atoms with E-state index in [2.05, 4.69) is 4.98 Å². The number of thiazole rings is 1. The van der Waals surface area contributed by atoms with Crippen LogP contribution in [0.15, 0.2) is 6.20 Å². The van der Waals surface area contributed by atoms with Gasteiger partial charge in [0.2, 0.25) is 0 Å². The molecule has 0 unspecified atom stereocenters. The molecule has 5 heteroatoms. The molecule has 0 fully saturated rings. The first kappa shape index (κ1) is 12.1. The van der Waals surface area contributed by atoms with Crippen molar-refractivity contribution in [2.45, 2.75) is 26.8 Å². The van der Waals surface area contributed by atoms with Gasteiger partial charge in [-0.1, -0.05) is 6.92 Å². The fourth-order valence-electron chi connectivity index (χ4n) is 1.42. The largest absolute Gasteiger partial charge is 0.480 e. The number of carbonyl (C=O) groups is 1. The van der Waals surface area contributed by atoms with E-state index in [1.165, 1.54) is 0 Å². The maximum absolute atomic E-state index is 10.6. The summed E-state index contributed by atoms with van der Waals surface area (Å²) in [5, 5.41) is 9.76. The van der Waals surface area contributed by atoms with Crippen molar-refractivity contribution < 1.29 is 9.90 Å². The molecule has 1 rings (SSSR count). The first-order valence-corrected chi connectivity index (χ1v) is 5.79. The Morgan fingerprint density at radius 3 is 2.87 bits per heavy atom. The summed E-state index contributed by atoms with van der Waals surface area (Å²) in [7, 11) is 0. The summed E-state index contributed by atoms with van der Waals surface area (Å²) in [4.78, 5) is 17.8. The predicted octanol–water partition coefficient (Wildman–Crippen LogP) is 1.75. The number of rotatable bonds is 6. The van der Waals surface area contributed by atoms with E-state index in [4.69, 9.17) is 5.11 Å². The molecule has 1 aromatic rings. The van der Waals surface area contributed by atoms with Gasteiger partial charge in [0.25, 0.3) is 0 Å². The molecule has 1 heterocycles. The molecular formula is C10H16N2O2S. The molecule has 1 aromatic heterocycles. The topological polar surface area (TPSA) is 53.4 Å². The molecule has 84 valence electrons. The van der Waals surface area contributed by atoms with Crippen molar-refractivity contribution in [3.63, 3.8) is 0 Å². The minimum Gasteiger partial charge on any atom is -0.480 e. The number of nitrogens with zero attached hydrogens (tertiary/aromatic N) is 2. The smallest absolute Gasteiger partial charge is 0.317 e. The Labute approximate surface area is 93.6 Å². The standard InChI is InChI=1S/C10H16N2O2S/c1-3-4-12(7-10(13)14)6-9-5-11-8(2)15-9/h5H,3-4,6-7H2,1-2H3,(H,13,14). The van der Waals surface area contributed by atoms with E-state index in [0.717, 1.165) is 22.9 Å². The van der Waals surface area contributed by atoms with Gasteiger partial charge in [-0.25, -0.2) is 4.98 Å². The highest BCUT2D eigenvalue weighted by atomic mass is 32.1. The van der Waals surface area contributed by atoms with Gasteiger partial charge in [0.05, 0.1) is 11.6 Å². The van der Waals surface area contributed by atoms with Crippen LogP contribution in [0.4, 0.5) is 0 Å². The fourth-order valence-corrected chi connectivity index (χ4v) is 2.26. The number of carboxylic acid groups (broad SMARTS) is 1. The lowest BCUT2D eigenvalue weighted by molar-refractivity contribution is -0.138. The van der Waals surface area contributed by atoms with Gasteiger partial charge >= 0.3 is 5.97 Å². The van der Waals surface area contributed by atoms with Gasteiger partial charge in [-0.05, 0) is 19.9 Å². The number of aromatic nitrogens is 1. The molecule has 0 bridgehead atoms. The van der Waals surface area contributed by atoms with E-state index in [1.807, 2.05) is 24.9 Å². The normalized spacial score (nSPS) is 10.9. The van der Waals surface area contributed by atoms with Crippen LogP contribution < -0.4 is 0 Å². The van der Waals surface area contributed by atoms with Gasteiger partial charge in [0, 0.05) is 17.6 Å². The average molecular weight is 228 g/mol. The van der Waals surface area contributed by atoms with Crippen molar-refractivity contribution >= 4 is 17.3 Å². The molecule has 15 heavy (non-hydrogen) atoms.